The van der Waals surface area contributed by atoms with E-state index in [0.717, 1.165) is 38.8 Å². The molecule has 2 rings (SSSR count). The number of rotatable bonds is 16. The van der Waals surface area contributed by atoms with Gasteiger partial charge in [0.2, 0.25) is 0 Å². The summed E-state index contributed by atoms with van der Waals surface area (Å²) in [6.45, 7) is 0.849. The van der Waals surface area contributed by atoms with Crippen LogP contribution in [0.25, 0.3) is 0 Å². The topological polar surface area (TPSA) is 33.3 Å². The zero-order valence-electron chi connectivity index (χ0n) is 23.8. The molecule has 2 fully saturated rings. The van der Waals surface area contributed by atoms with E-state index in [1.54, 1.807) is 0 Å². The fourth-order valence-electron chi connectivity index (χ4n) is 5.38. The molecule has 0 unspecified atom stereocenters. The average Bonchev–Trinajstić information content (AvgIpc) is 2.93. The third-order valence-electron chi connectivity index (χ3n) is 8.30. The first-order valence-electron chi connectivity index (χ1n) is 14.4. The summed E-state index contributed by atoms with van der Waals surface area (Å²) >= 11 is 0. The summed E-state index contributed by atoms with van der Waals surface area (Å²) < 4.78 is 205. The van der Waals surface area contributed by atoms with Gasteiger partial charge in [-0.05, 0) is 43.9 Å². The number of hydrogen-bond donors (Lipinski definition) is 2. The van der Waals surface area contributed by atoms with Crippen molar-refractivity contribution in [3.8, 4) is 0 Å². The third kappa shape index (κ3) is 7.85. The maximum Gasteiger partial charge on any atom is 0.460 e. The molecule has 2 aliphatic rings. The van der Waals surface area contributed by atoms with Crippen molar-refractivity contribution in [1.29, 1.82) is 0 Å². The maximum atomic E-state index is 14.1. The molecule has 0 amide bonds. The monoisotopic (exact) mass is 678 g/mol. The normalized spacial score (nSPS) is 25.4. The van der Waals surface area contributed by atoms with Gasteiger partial charge in [-0.2, -0.15) is 65.9 Å². The van der Waals surface area contributed by atoms with Crippen LogP contribution in [0.3, 0.4) is 0 Å². The zero-order valence-corrected chi connectivity index (χ0v) is 23.8. The van der Waals surface area contributed by atoms with E-state index in [9.17, 15) is 65.9 Å². The lowest BCUT2D eigenvalue weighted by Gasteiger charge is -2.42. The highest BCUT2D eigenvalue weighted by Gasteiger charge is 2.93. The molecule has 1 heterocycles. The quantitative estimate of drug-likeness (QED) is 0.127. The van der Waals surface area contributed by atoms with Gasteiger partial charge in [0.05, 0.1) is 12.3 Å². The second kappa shape index (κ2) is 14.3. The van der Waals surface area contributed by atoms with Gasteiger partial charge in [0.15, 0.2) is 0 Å². The molecule has 18 heteroatoms. The first kappa shape index (κ1) is 39.0. The summed E-state index contributed by atoms with van der Waals surface area (Å²) in [6.07, 6.45) is -0.640. The number of unbranched alkanes of at least 4 members (excludes halogenated alkanes) is 5. The average molecular weight is 679 g/mol. The number of halogens is 15. The summed E-state index contributed by atoms with van der Waals surface area (Å²) in [5.74, 6) is -46.2. The van der Waals surface area contributed by atoms with Gasteiger partial charge in [-0.3, -0.25) is 0 Å². The SMILES string of the molecule is CCCCCCCCC1CNC(C2CCC(OCC(F)(F)C(F)(F)C(F)(F)C(F)(F)C(F)(F)C(F)(F)C(F)(F)F)CC2)NC1. The second-order valence-corrected chi connectivity index (χ2v) is 11.6. The van der Waals surface area contributed by atoms with Crippen LogP contribution in [0.1, 0.15) is 77.6 Å². The molecule has 1 aliphatic carbocycles. The Bertz CT molecular complexity index is 881. The molecule has 44 heavy (non-hydrogen) atoms. The second-order valence-electron chi connectivity index (χ2n) is 11.6. The van der Waals surface area contributed by atoms with E-state index < -0.39 is 54.4 Å². The molecular formula is C26H37F15N2O. The highest BCUT2D eigenvalue weighted by molar-refractivity contribution is 5.13. The molecule has 1 saturated heterocycles. The molecule has 1 aliphatic heterocycles. The largest absolute Gasteiger partial charge is 0.460 e. The molecule has 0 aromatic rings. The lowest BCUT2D eigenvalue weighted by molar-refractivity contribution is -0.453. The molecule has 262 valence electrons. The lowest BCUT2D eigenvalue weighted by atomic mass is 9.84. The number of ether oxygens (including phenoxy) is 1. The van der Waals surface area contributed by atoms with Crippen LogP contribution in [0.2, 0.25) is 0 Å². The van der Waals surface area contributed by atoms with Gasteiger partial charge < -0.3 is 15.4 Å². The molecule has 0 atom stereocenters. The minimum Gasteiger partial charge on any atom is -0.372 e. The van der Waals surface area contributed by atoms with Crippen LogP contribution >= 0.6 is 0 Å². The predicted octanol–water partition coefficient (Wildman–Crippen LogP) is 8.82. The van der Waals surface area contributed by atoms with Gasteiger partial charge in [-0.25, -0.2) is 0 Å². The molecule has 1 saturated carbocycles. The Morgan fingerprint density at radius 2 is 1.02 bits per heavy atom. The highest BCUT2D eigenvalue weighted by atomic mass is 19.4. The van der Waals surface area contributed by atoms with Gasteiger partial charge in [-0.15, -0.1) is 0 Å². The van der Waals surface area contributed by atoms with Crippen molar-refractivity contribution < 1.29 is 70.6 Å². The first-order chi connectivity index (χ1) is 20.0. The predicted molar refractivity (Wildman–Crippen MR) is 129 cm³/mol. The molecule has 3 nitrogen and oxygen atoms in total. The van der Waals surface area contributed by atoms with E-state index in [2.05, 4.69) is 22.3 Å². The van der Waals surface area contributed by atoms with Crippen molar-refractivity contribution in [2.45, 2.75) is 132 Å². The maximum absolute atomic E-state index is 14.1. The van der Waals surface area contributed by atoms with Gasteiger partial charge in [-0.1, -0.05) is 45.4 Å². The number of hydrogen-bond acceptors (Lipinski definition) is 3. The van der Waals surface area contributed by atoms with Gasteiger partial charge in [0.1, 0.15) is 6.61 Å². The van der Waals surface area contributed by atoms with Crippen LogP contribution < -0.4 is 10.6 Å². The van der Waals surface area contributed by atoms with Crippen molar-refractivity contribution in [1.82, 2.24) is 10.6 Å². The van der Waals surface area contributed by atoms with Crippen molar-refractivity contribution >= 4 is 0 Å². The Labute approximate surface area is 245 Å². The van der Waals surface area contributed by atoms with Crippen molar-refractivity contribution in [3.05, 3.63) is 0 Å². The molecular weight excluding hydrogens is 641 g/mol. The Hall–Kier alpha value is -1.17. The fourth-order valence-corrected chi connectivity index (χ4v) is 5.38. The fraction of sp³-hybridized carbons (Fsp3) is 1.00. The van der Waals surface area contributed by atoms with Crippen LogP contribution in [0.5, 0.6) is 0 Å². The van der Waals surface area contributed by atoms with E-state index >= 15 is 0 Å². The van der Waals surface area contributed by atoms with Crippen molar-refractivity contribution in [3.63, 3.8) is 0 Å². The highest BCUT2D eigenvalue weighted by Crippen LogP contribution is 2.62. The van der Waals surface area contributed by atoms with Crippen molar-refractivity contribution in [2.24, 2.45) is 11.8 Å². The van der Waals surface area contributed by atoms with Gasteiger partial charge >= 0.3 is 41.7 Å². The van der Waals surface area contributed by atoms with E-state index in [0.29, 0.717) is 5.92 Å². The zero-order chi connectivity index (χ0) is 33.8. The molecule has 0 aromatic carbocycles. The Balaban J connectivity index is 1.91. The molecule has 2 N–H and O–H groups in total. The number of nitrogens with one attached hydrogen (secondary N) is 2. The van der Waals surface area contributed by atoms with E-state index in [1.807, 2.05) is 0 Å². The van der Waals surface area contributed by atoms with Gasteiger partial charge in [0.25, 0.3) is 0 Å². The minimum absolute atomic E-state index is 0.0597. The smallest absolute Gasteiger partial charge is 0.372 e. The van der Waals surface area contributed by atoms with Crippen LogP contribution in [-0.2, 0) is 4.74 Å². The summed E-state index contributed by atoms with van der Waals surface area (Å²) in [5.41, 5.74) is 0. The van der Waals surface area contributed by atoms with Crippen molar-refractivity contribution in [2.75, 3.05) is 19.7 Å². The van der Waals surface area contributed by atoms with Crippen LogP contribution in [-0.4, -0.2) is 73.7 Å². The standard InChI is InChI=1S/C26H37F15N2O/c1-2-3-4-5-6-7-8-16-13-42-19(43-14-16)17-9-11-18(12-10-17)44-15-20(27,28)21(29,30)22(31,32)23(33,34)24(35,36)25(37,38)26(39,40)41/h16-19,42-43H,2-15H2,1H3. The minimum atomic E-state index is -8.28. The van der Waals surface area contributed by atoms with E-state index in [4.69, 9.17) is 0 Å². The van der Waals surface area contributed by atoms with E-state index in [1.165, 1.54) is 19.3 Å². The Kier molecular flexibility index (Phi) is 12.7. The summed E-state index contributed by atoms with van der Waals surface area (Å²) in [6, 6.07) is 0. The molecule has 0 radical (unpaired) electrons. The summed E-state index contributed by atoms with van der Waals surface area (Å²) in [5, 5.41) is 6.69. The van der Waals surface area contributed by atoms with E-state index in [-0.39, 0.29) is 37.8 Å². The Morgan fingerprint density at radius 1 is 0.568 bits per heavy atom. The summed E-state index contributed by atoms with van der Waals surface area (Å²) in [7, 11) is 0. The first-order valence-corrected chi connectivity index (χ1v) is 14.4. The van der Waals surface area contributed by atoms with Crippen LogP contribution in [0.4, 0.5) is 65.9 Å². The molecule has 0 spiro atoms. The third-order valence-corrected chi connectivity index (χ3v) is 8.30. The van der Waals surface area contributed by atoms with Gasteiger partial charge in [0, 0.05) is 13.1 Å². The molecule has 0 aromatic heterocycles. The number of alkyl halides is 15. The molecule has 0 bridgehead atoms. The summed E-state index contributed by atoms with van der Waals surface area (Å²) in [4.78, 5) is 0. The lowest BCUT2D eigenvalue weighted by Crippen LogP contribution is -2.73. The van der Waals surface area contributed by atoms with Crippen LogP contribution in [0, 0.1) is 11.8 Å². The Morgan fingerprint density at radius 3 is 1.52 bits per heavy atom. The van der Waals surface area contributed by atoms with Crippen LogP contribution in [0.15, 0.2) is 0 Å².